The van der Waals surface area contributed by atoms with Gasteiger partial charge in [-0.05, 0) is 19.3 Å². The van der Waals surface area contributed by atoms with Crippen molar-refractivity contribution < 1.29 is 9.90 Å². The lowest BCUT2D eigenvalue weighted by atomic mass is 10.2. The van der Waals surface area contributed by atoms with Crippen LogP contribution in [-0.2, 0) is 24.7 Å². The lowest BCUT2D eigenvalue weighted by Gasteiger charge is -2.03. The van der Waals surface area contributed by atoms with E-state index in [9.17, 15) is 4.79 Å². The molecule has 0 bridgehead atoms. The Morgan fingerprint density at radius 2 is 2.05 bits per heavy atom. The van der Waals surface area contributed by atoms with Crippen LogP contribution in [0.15, 0.2) is 0 Å². The smallest absolute Gasteiger partial charge is 0.303 e. The summed E-state index contributed by atoms with van der Waals surface area (Å²) in [6.45, 7) is 2.09. The zero-order valence-electron chi connectivity index (χ0n) is 12.3. The number of aryl methyl sites for hydroxylation is 3. The number of carboxylic acid groups (broad SMARTS) is 1. The average molecular weight is 311 g/mol. The topological polar surface area (TPSA) is 80.9 Å². The van der Waals surface area contributed by atoms with Crippen molar-refractivity contribution in [3.63, 3.8) is 0 Å². The number of rotatable bonds is 7. The summed E-state index contributed by atoms with van der Waals surface area (Å²) < 4.78 is 1.72. The summed E-state index contributed by atoms with van der Waals surface area (Å²) in [5.74, 6) is -0.120. The van der Waals surface area contributed by atoms with E-state index in [0.717, 1.165) is 36.0 Å². The van der Waals surface area contributed by atoms with Gasteiger partial charge in [-0.15, -0.1) is 0 Å². The first kappa shape index (κ1) is 15.7. The molecule has 0 spiro atoms. The number of nitrogens with zero attached hydrogens (tertiary/aromatic N) is 4. The molecule has 0 amide bonds. The molecule has 2 rings (SSSR count). The van der Waals surface area contributed by atoms with Gasteiger partial charge in [0, 0.05) is 19.9 Å². The zero-order valence-corrected chi connectivity index (χ0v) is 13.0. The van der Waals surface area contributed by atoms with E-state index in [1.165, 1.54) is 0 Å². The predicted octanol–water partition coefficient (Wildman–Crippen LogP) is 2.77. The first-order valence-corrected chi connectivity index (χ1v) is 7.50. The molecule has 0 unspecified atom stereocenters. The van der Waals surface area contributed by atoms with Gasteiger partial charge < -0.3 is 5.11 Å². The number of fused-ring (bicyclic) bond motifs is 1. The Bertz CT molecular complexity index is 654. The summed E-state index contributed by atoms with van der Waals surface area (Å²) in [6.07, 6.45) is 3.99. The van der Waals surface area contributed by atoms with Crippen LogP contribution in [0.5, 0.6) is 0 Å². The van der Waals surface area contributed by atoms with Gasteiger partial charge in [0.05, 0.1) is 5.69 Å². The number of carbonyl (C=O) groups is 1. The van der Waals surface area contributed by atoms with E-state index < -0.39 is 5.97 Å². The molecule has 0 saturated heterocycles. The van der Waals surface area contributed by atoms with E-state index in [0.29, 0.717) is 23.8 Å². The Morgan fingerprint density at radius 3 is 2.71 bits per heavy atom. The standard InChI is InChI=1S/C14H19ClN4O2/c1-3-6-9-12-13(19(2)18-9)14(15)17-10(16-12)7-4-5-8-11(20)21/h3-8H2,1-2H3,(H,20,21). The lowest BCUT2D eigenvalue weighted by Crippen LogP contribution is -2.00. The maximum Gasteiger partial charge on any atom is 0.303 e. The minimum absolute atomic E-state index is 0.171. The first-order chi connectivity index (χ1) is 10.0. The molecule has 2 aromatic heterocycles. The van der Waals surface area contributed by atoms with Crippen LogP contribution in [-0.4, -0.2) is 30.8 Å². The Hall–Kier alpha value is -1.69. The van der Waals surface area contributed by atoms with Crippen molar-refractivity contribution in [3.05, 3.63) is 16.7 Å². The van der Waals surface area contributed by atoms with E-state index in [-0.39, 0.29) is 6.42 Å². The van der Waals surface area contributed by atoms with Gasteiger partial charge in [-0.1, -0.05) is 24.9 Å². The van der Waals surface area contributed by atoms with Crippen LogP contribution in [0.2, 0.25) is 5.15 Å². The Balaban J connectivity index is 2.22. The number of aliphatic carboxylic acids is 1. The highest BCUT2D eigenvalue weighted by atomic mass is 35.5. The summed E-state index contributed by atoms with van der Waals surface area (Å²) in [5, 5.41) is 13.5. The molecule has 7 heteroatoms. The fraction of sp³-hybridized carbons (Fsp3) is 0.571. The van der Waals surface area contributed by atoms with Crippen molar-refractivity contribution >= 4 is 28.6 Å². The molecule has 0 aliphatic carbocycles. The first-order valence-electron chi connectivity index (χ1n) is 7.12. The van der Waals surface area contributed by atoms with Crippen molar-refractivity contribution in [1.29, 1.82) is 0 Å². The van der Waals surface area contributed by atoms with Crippen LogP contribution >= 0.6 is 11.6 Å². The van der Waals surface area contributed by atoms with Gasteiger partial charge in [0.25, 0.3) is 0 Å². The monoisotopic (exact) mass is 310 g/mol. The van der Waals surface area contributed by atoms with Crippen LogP contribution in [0.4, 0.5) is 0 Å². The lowest BCUT2D eigenvalue weighted by molar-refractivity contribution is -0.137. The molecular weight excluding hydrogens is 292 g/mol. The summed E-state index contributed by atoms with van der Waals surface area (Å²) in [6, 6.07) is 0. The zero-order chi connectivity index (χ0) is 15.4. The Labute approximate surface area is 128 Å². The number of hydrogen-bond donors (Lipinski definition) is 1. The number of halogens is 1. The largest absolute Gasteiger partial charge is 0.481 e. The van der Waals surface area contributed by atoms with Crippen LogP contribution in [0.1, 0.15) is 44.1 Å². The second-order valence-corrected chi connectivity index (χ2v) is 5.41. The van der Waals surface area contributed by atoms with Gasteiger partial charge >= 0.3 is 5.97 Å². The molecule has 2 aromatic rings. The molecule has 114 valence electrons. The van der Waals surface area contributed by atoms with Gasteiger partial charge in [-0.2, -0.15) is 5.10 Å². The van der Waals surface area contributed by atoms with Crippen LogP contribution in [0.25, 0.3) is 11.0 Å². The van der Waals surface area contributed by atoms with E-state index in [1.54, 1.807) is 4.68 Å². The molecule has 6 nitrogen and oxygen atoms in total. The quantitative estimate of drug-likeness (QED) is 0.628. The maximum absolute atomic E-state index is 10.5. The minimum Gasteiger partial charge on any atom is -0.481 e. The second kappa shape index (κ2) is 6.85. The van der Waals surface area contributed by atoms with Crippen molar-refractivity contribution in [2.24, 2.45) is 7.05 Å². The third kappa shape index (κ3) is 3.69. The fourth-order valence-corrected chi connectivity index (χ4v) is 2.62. The number of unbranched alkanes of at least 4 members (excludes halogenated alkanes) is 1. The summed E-state index contributed by atoms with van der Waals surface area (Å²) in [4.78, 5) is 19.4. The van der Waals surface area contributed by atoms with Crippen molar-refractivity contribution in [2.45, 2.75) is 45.4 Å². The number of aromatic nitrogens is 4. The fourth-order valence-electron chi connectivity index (χ4n) is 2.31. The van der Waals surface area contributed by atoms with Crippen molar-refractivity contribution in [1.82, 2.24) is 19.7 Å². The van der Waals surface area contributed by atoms with E-state index in [1.807, 2.05) is 7.05 Å². The highest BCUT2D eigenvalue weighted by molar-refractivity contribution is 6.33. The highest BCUT2D eigenvalue weighted by Gasteiger charge is 2.15. The molecule has 0 radical (unpaired) electrons. The molecule has 21 heavy (non-hydrogen) atoms. The van der Waals surface area contributed by atoms with E-state index in [2.05, 4.69) is 22.0 Å². The van der Waals surface area contributed by atoms with E-state index >= 15 is 0 Å². The SMILES string of the molecule is CCCc1nn(C)c2c(Cl)nc(CCCCC(=O)O)nc12. The van der Waals surface area contributed by atoms with Gasteiger partial charge in [0.2, 0.25) is 0 Å². The van der Waals surface area contributed by atoms with Crippen LogP contribution in [0, 0.1) is 0 Å². The van der Waals surface area contributed by atoms with Gasteiger partial charge in [0.1, 0.15) is 16.9 Å². The normalized spacial score (nSPS) is 11.2. The van der Waals surface area contributed by atoms with E-state index in [4.69, 9.17) is 16.7 Å². The Kier molecular flexibility index (Phi) is 5.12. The van der Waals surface area contributed by atoms with Crippen LogP contribution in [0.3, 0.4) is 0 Å². The third-order valence-corrected chi connectivity index (χ3v) is 3.55. The van der Waals surface area contributed by atoms with Crippen LogP contribution < -0.4 is 0 Å². The molecule has 0 atom stereocenters. The molecule has 0 saturated carbocycles. The summed E-state index contributed by atoms with van der Waals surface area (Å²) >= 11 is 6.24. The number of carboxylic acids is 1. The molecule has 0 aliphatic rings. The number of hydrogen-bond acceptors (Lipinski definition) is 4. The molecule has 2 heterocycles. The van der Waals surface area contributed by atoms with Gasteiger partial charge in [-0.25, -0.2) is 9.97 Å². The highest BCUT2D eigenvalue weighted by Crippen LogP contribution is 2.24. The molecule has 0 aliphatic heterocycles. The molecule has 0 fully saturated rings. The predicted molar refractivity (Wildman–Crippen MR) is 80.5 cm³/mol. The summed E-state index contributed by atoms with van der Waals surface area (Å²) in [7, 11) is 1.84. The molecule has 1 N–H and O–H groups in total. The minimum atomic E-state index is -0.776. The summed E-state index contributed by atoms with van der Waals surface area (Å²) in [5.41, 5.74) is 2.51. The third-order valence-electron chi connectivity index (χ3n) is 3.28. The maximum atomic E-state index is 10.5. The van der Waals surface area contributed by atoms with Gasteiger partial charge in [0.15, 0.2) is 5.15 Å². The second-order valence-electron chi connectivity index (χ2n) is 5.05. The van der Waals surface area contributed by atoms with Gasteiger partial charge in [-0.3, -0.25) is 9.48 Å². The Morgan fingerprint density at radius 1 is 1.29 bits per heavy atom. The van der Waals surface area contributed by atoms with Crippen molar-refractivity contribution in [2.75, 3.05) is 0 Å². The average Bonchev–Trinajstić information content (AvgIpc) is 2.72. The molecule has 0 aromatic carbocycles. The van der Waals surface area contributed by atoms with Crippen molar-refractivity contribution in [3.8, 4) is 0 Å². The molecular formula is C14H19ClN4O2.